The molecule has 0 unspecified atom stereocenters. The zero-order valence-electron chi connectivity index (χ0n) is 12.2. The number of hydrogen-bond donors (Lipinski definition) is 2. The zero-order chi connectivity index (χ0) is 15.1. The number of anilines is 1. The first-order valence-electron chi connectivity index (χ1n) is 6.75. The van der Waals surface area contributed by atoms with Crippen molar-refractivity contribution in [3.8, 4) is 0 Å². The van der Waals surface area contributed by atoms with Crippen LogP contribution in [0.5, 0.6) is 0 Å². The summed E-state index contributed by atoms with van der Waals surface area (Å²) < 4.78 is 0. The molecule has 0 saturated heterocycles. The third kappa shape index (κ3) is 4.66. The topological polar surface area (TPSA) is 69.6 Å². The number of benzene rings is 1. The van der Waals surface area contributed by atoms with Crippen LogP contribution in [0, 0.1) is 0 Å². The van der Waals surface area contributed by atoms with Crippen molar-refractivity contribution in [2.75, 3.05) is 18.5 Å². The number of carboxylic acid groups (broad SMARTS) is 1. The van der Waals surface area contributed by atoms with E-state index in [1.807, 2.05) is 0 Å². The standard InChI is InChI=1S/C15H22N2O3/c1-11(2)16-10-6-9-14(18)17(3)13-8-5-4-7-12(13)15(19)20/h4-5,7-8,11,16H,6,9-10H2,1-3H3,(H,19,20). The van der Waals surface area contributed by atoms with E-state index in [4.69, 9.17) is 5.11 Å². The van der Waals surface area contributed by atoms with Crippen molar-refractivity contribution in [2.24, 2.45) is 0 Å². The third-order valence-electron chi connectivity index (χ3n) is 2.99. The quantitative estimate of drug-likeness (QED) is 0.750. The summed E-state index contributed by atoms with van der Waals surface area (Å²) in [5, 5.41) is 12.4. The van der Waals surface area contributed by atoms with Crippen molar-refractivity contribution in [2.45, 2.75) is 32.7 Å². The molecular formula is C15H22N2O3. The van der Waals surface area contributed by atoms with E-state index in [0.717, 1.165) is 13.0 Å². The maximum atomic E-state index is 12.1. The van der Waals surface area contributed by atoms with E-state index in [9.17, 15) is 9.59 Å². The lowest BCUT2D eigenvalue weighted by molar-refractivity contribution is -0.118. The maximum Gasteiger partial charge on any atom is 0.337 e. The molecule has 0 radical (unpaired) electrons. The monoisotopic (exact) mass is 278 g/mol. The van der Waals surface area contributed by atoms with Gasteiger partial charge in [-0.15, -0.1) is 0 Å². The number of carbonyl (C=O) groups is 2. The van der Waals surface area contributed by atoms with E-state index in [1.165, 1.54) is 11.0 Å². The summed E-state index contributed by atoms with van der Waals surface area (Å²) in [4.78, 5) is 24.6. The normalized spacial score (nSPS) is 10.6. The molecule has 0 heterocycles. The molecule has 0 aromatic heterocycles. The molecule has 1 rings (SSSR count). The van der Waals surface area contributed by atoms with E-state index in [-0.39, 0.29) is 11.5 Å². The first-order valence-corrected chi connectivity index (χ1v) is 6.75. The molecule has 0 atom stereocenters. The average Bonchev–Trinajstić information content (AvgIpc) is 2.42. The Morgan fingerprint density at radius 1 is 1.30 bits per heavy atom. The molecule has 2 N–H and O–H groups in total. The second-order valence-corrected chi connectivity index (χ2v) is 4.99. The summed E-state index contributed by atoms with van der Waals surface area (Å²) in [5.74, 6) is -1.11. The predicted octanol–water partition coefficient (Wildman–Crippen LogP) is 2.13. The lowest BCUT2D eigenvalue weighted by Gasteiger charge is -2.19. The molecule has 1 aromatic rings. The lowest BCUT2D eigenvalue weighted by atomic mass is 10.1. The number of para-hydroxylation sites is 1. The Morgan fingerprint density at radius 2 is 1.95 bits per heavy atom. The number of hydrogen-bond acceptors (Lipinski definition) is 3. The van der Waals surface area contributed by atoms with Crippen molar-refractivity contribution in [1.82, 2.24) is 5.32 Å². The van der Waals surface area contributed by atoms with Gasteiger partial charge in [-0.3, -0.25) is 4.79 Å². The highest BCUT2D eigenvalue weighted by Gasteiger charge is 2.17. The minimum atomic E-state index is -1.03. The van der Waals surface area contributed by atoms with Gasteiger partial charge in [0.05, 0.1) is 11.3 Å². The third-order valence-corrected chi connectivity index (χ3v) is 2.99. The molecule has 0 bridgehead atoms. The van der Waals surface area contributed by atoms with Crippen LogP contribution in [0.4, 0.5) is 5.69 Å². The largest absolute Gasteiger partial charge is 0.478 e. The molecular weight excluding hydrogens is 256 g/mol. The summed E-state index contributed by atoms with van der Waals surface area (Å²) in [6.07, 6.45) is 1.13. The van der Waals surface area contributed by atoms with Gasteiger partial charge >= 0.3 is 5.97 Å². The predicted molar refractivity (Wildman–Crippen MR) is 79.2 cm³/mol. The number of carbonyl (C=O) groups excluding carboxylic acids is 1. The SMILES string of the molecule is CC(C)NCCCC(=O)N(C)c1ccccc1C(=O)O. The van der Waals surface area contributed by atoms with E-state index in [0.29, 0.717) is 18.2 Å². The van der Waals surface area contributed by atoms with Crippen LogP contribution in [0.15, 0.2) is 24.3 Å². The number of aromatic carboxylic acids is 1. The second kappa shape index (κ2) is 7.65. The van der Waals surface area contributed by atoms with Crippen LogP contribution in [0.3, 0.4) is 0 Å². The molecule has 0 spiro atoms. The minimum Gasteiger partial charge on any atom is -0.478 e. The van der Waals surface area contributed by atoms with E-state index < -0.39 is 5.97 Å². The van der Waals surface area contributed by atoms with Gasteiger partial charge in [-0.05, 0) is 25.1 Å². The molecule has 0 aliphatic heterocycles. The first kappa shape index (κ1) is 16.2. The molecule has 20 heavy (non-hydrogen) atoms. The van der Waals surface area contributed by atoms with Gasteiger partial charge in [0.2, 0.25) is 5.91 Å². The number of nitrogens with one attached hydrogen (secondary N) is 1. The molecule has 5 heteroatoms. The first-order chi connectivity index (χ1) is 9.43. The Kier molecular flexibility index (Phi) is 6.18. The van der Waals surface area contributed by atoms with E-state index >= 15 is 0 Å². The Balaban J connectivity index is 2.63. The molecule has 110 valence electrons. The van der Waals surface area contributed by atoms with Gasteiger partial charge in [0.25, 0.3) is 0 Å². The average molecular weight is 278 g/mol. The number of carboxylic acids is 1. The van der Waals surface area contributed by atoms with Crippen molar-refractivity contribution < 1.29 is 14.7 Å². The molecule has 1 amide bonds. The lowest BCUT2D eigenvalue weighted by Crippen LogP contribution is -2.29. The number of nitrogens with zero attached hydrogens (tertiary/aromatic N) is 1. The van der Waals surface area contributed by atoms with Crippen molar-refractivity contribution in [3.05, 3.63) is 29.8 Å². The molecule has 0 saturated carbocycles. The van der Waals surface area contributed by atoms with Crippen LogP contribution in [0.2, 0.25) is 0 Å². The van der Waals surface area contributed by atoms with E-state index in [2.05, 4.69) is 19.2 Å². The van der Waals surface area contributed by atoms with Gasteiger partial charge in [-0.1, -0.05) is 26.0 Å². The summed E-state index contributed by atoms with van der Waals surface area (Å²) in [6, 6.07) is 6.93. The minimum absolute atomic E-state index is 0.0794. The molecule has 5 nitrogen and oxygen atoms in total. The zero-order valence-corrected chi connectivity index (χ0v) is 12.2. The fraction of sp³-hybridized carbons (Fsp3) is 0.467. The fourth-order valence-corrected chi connectivity index (χ4v) is 1.88. The summed E-state index contributed by atoms with van der Waals surface area (Å²) in [7, 11) is 1.61. The highest BCUT2D eigenvalue weighted by molar-refractivity contribution is 6.01. The summed E-state index contributed by atoms with van der Waals surface area (Å²) in [5.41, 5.74) is 0.575. The van der Waals surface area contributed by atoms with Gasteiger partial charge in [0.15, 0.2) is 0 Å². The second-order valence-electron chi connectivity index (χ2n) is 4.99. The fourth-order valence-electron chi connectivity index (χ4n) is 1.88. The Bertz CT molecular complexity index is 472. The van der Waals surface area contributed by atoms with Gasteiger partial charge in [0.1, 0.15) is 0 Å². The molecule has 0 aliphatic carbocycles. The van der Waals surface area contributed by atoms with Gasteiger partial charge < -0.3 is 15.3 Å². The highest BCUT2D eigenvalue weighted by Crippen LogP contribution is 2.20. The molecule has 0 aliphatic rings. The van der Waals surface area contributed by atoms with Crippen LogP contribution in [0.1, 0.15) is 37.0 Å². The summed E-state index contributed by atoms with van der Waals surface area (Å²) in [6.45, 7) is 4.88. The van der Waals surface area contributed by atoms with Gasteiger partial charge in [0, 0.05) is 19.5 Å². The van der Waals surface area contributed by atoms with Gasteiger partial charge in [-0.2, -0.15) is 0 Å². The number of rotatable bonds is 7. The van der Waals surface area contributed by atoms with Crippen LogP contribution in [-0.4, -0.2) is 36.6 Å². The van der Waals surface area contributed by atoms with Crippen LogP contribution in [0.25, 0.3) is 0 Å². The van der Waals surface area contributed by atoms with Crippen LogP contribution in [-0.2, 0) is 4.79 Å². The van der Waals surface area contributed by atoms with Crippen molar-refractivity contribution in [1.29, 1.82) is 0 Å². The van der Waals surface area contributed by atoms with Crippen LogP contribution < -0.4 is 10.2 Å². The Morgan fingerprint density at radius 3 is 2.55 bits per heavy atom. The van der Waals surface area contributed by atoms with Gasteiger partial charge in [-0.25, -0.2) is 4.79 Å². The molecule has 0 fully saturated rings. The van der Waals surface area contributed by atoms with Crippen molar-refractivity contribution >= 4 is 17.6 Å². The number of amides is 1. The Labute approximate surface area is 119 Å². The highest BCUT2D eigenvalue weighted by atomic mass is 16.4. The smallest absolute Gasteiger partial charge is 0.337 e. The van der Waals surface area contributed by atoms with Crippen LogP contribution >= 0.6 is 0 Å². The molecule has 1 aromatic carbocycles. The Hall–Kier alpha value is -1.88. The van der Waals surface area contributed by atoms with E-state index in [1.54, 1.807) is 25.2 Å². The maximum absolute atomic E-state index is 12.1. The van der Waals surface area contributed by atoms with Crippen molar-refractivity contribution in [3.63, 3.8) is 0 Å². The summed E-state index contributed by atoms with van der Waals surface area (Å²) >= 11 is 0.